The quantitative estimate of drug-likeness (QED) is 0.873. The molecule has 1 aliphatic heterocycles. The van der Waals surface area contributed by atoms with E-state index in [4.69, 9.17) is 9.26 Å². The Labute approximate surface area is 136 Å². The molecule has 2 aromatic rings. The summed E-state index contributed by atoms with van der Waals surface area (Å²) in [5.74, 6) is 1.55. The number of piperidine rings is 1. The van der Waals surface area contributed by atoms with Crippen LogP contribution in [0.25, 0.3) is 5.82 Å². The van der Waals surface area contributed by atoms with Crippen molar-refractivity contribution in [1.29, 1.82) is 0 Å². The van der Waals surface area contributed by atoms with Crippen molar-refractivity contribution in [3.63, 3.8) is 0 Å². The Bertz CT molecular complexity index is 709. The lowest BCUT2D eigenvalue weighted by Gasteiger charge is -2.31. The fourth-order valence-electron chi connectivity index (χ4n) is 3.26. The van der Waals surface area contributed by atoms with E-state index in [0.717, 1.165) is 54.5 Å². The number of rotatable bonds is 3. The highest BCUT2D eigenvalue weighted by Crippen LogP contribution is 2.23. The molecule has 3 rings (SSSR count). The molecule has 1 aliphatic rings. The predicted molar refractivity (Wildman–Crippen MR) is 86.0 cm³/mol. The van der Waals surface area contributed by atoms with Crippen molar-refractivity contribution >= 4 is 5.91 Å². The standard InChI is InChI=1S/C17H23N3O3/c1-11-9-15(13(3)20(11)16-10-12(2)23-18-16)17(21)19-7-5-14(22-4)6-8-19/h9-10,14H,5-8H2,1-4H3. The molecular formula is C17H23N3O3. The maximum Gasteiger partial charge on any atom is 0.255 e. The number of nitrogens with zero attached hydrogens (tertiary/aromatic N) is 3. The van der Waals surface area contributed by atoms with Crippen molar-refractivity contribution in [2.75, 3.05) is 20.2 Å². The molecule has 6 nitrogen and oxygen atoms in total. The number of hydrogen-bond donors (Lipinski definition) is 0. The van der Waals surface area contributed by atoms with Gasteiger partial charge < -0.3 is 14.2 Å². The van der Waals surface area contributed by atoms with E-state index in [0.29, 0.717) is 0 Å². The Kier molecular flexibility index (Phi) is 4.26. The van der Waals surface area contributed by atoms with Gasteiger partial charge in [0.15, 0.2) is 5.82 Å². The molecule has 0 spiro atoms. The summed E-state index contributed by atoms with van der Waals surface area (Å²) in [5, 5.41) is 4.06. The number of amides is 1. The molecule has 1 amide bonds. The predicted octanol–water partition coefficient (Wildman–Crippen LogP) is 2.64. The highest BCUT2D eigenvalue weighted by Gasteiger charge is 2.26. The molecular weight excluding hydrogens is 294 g/mol. The summed E-state index contributed by atoms with van der Waals surface area (Å²) in [6.45, 7) is 7.27. The summed E-state index contributed by atoms with van der Waals surface area (Å²) in [6.07, 6.45) is 2.05. The third-order valence-electron chi connectivity index (χ3n) is 4.57. The number of aryl methyl sites for hydroxylation is 2. The van der Waals surface area contributed by atoms with E-state index in [-0.39, 0.29) is 12.0 Å². The third kappa shape index (κ3) is 2.91. The molecule has 0 aliphatic carbocycles. The van der Waals surface area contributed by atoms with Gasteiger partial charge in [-0.3, -0.25) is 9.36 Å². The molecule has 6 heteroatoms. The Hall–Kier alpha value is -2.08. The first-order chi connectivity index (χ1) is 11.0. The van der Waals surface area contributed by atoms with Crippen molar-refractivity contribution in [3.05, 3.63) is 34.8 Å². The van der Waals surface area contributed by atoms with Crippen LogP contribution in [0.1, 0.15) is 40.3 Å². The average molecular weight is 317 g/mol. The van der Waals surface area contributed by atoms with Crippen LogP contribution in [-0.2, 0) is 4.74 Å². The van der Waals surface area contributed by atoms with Gasteiger partial charge in [-0.1, -0.05) is 5.16 Å². The number of aromatic nitrogens is 2. The number of likely N-dealkylation sites (tertiary alicyclic amines) is 1. The van der Waals surface area contributed by atoms with Gasteiger partial charge in [0.25, 0.3) is 5.91 Å². The van der Waals surface area contributed by atoms with Gasteiger partial charge in [0.05, 0.1) is 11.7 Å². The Balaban J connectivity index is 1.85. The van der Waals surface area contributed by atoms with Crippen LogP contribution in [0.2, 0.25) is 0 Å². The number of carbonyl (C=O) groups is 1. The van der Waals surface area contributed by atoms with Gasteiger partial charge in [-0.05, 0) is 39.7 Å². The second-order valence-corrected chi connectivity index (χ2v) is 6.14. The minimum Gasteiger partial charge on any atom is -0.381 e. The maximum absolute atomic E-state index is 12.8. The minimum atomic E-state index is 0.0825. The van der Waals surface area contributed by atoms with E-state index in [1.54, 1.807) is 7.11 Å². The number of methoxy groups -OCH3 is 1. The number of hydrogen-bond acceptors (Lipinski definition) is 4. The summed E-state index contributed by atoms with van der Waals surface area (Å²) in [5.41, 5.74) is 2.61. The van der Waals surface area contributed by atoms with Gasteiger partial charge in [0.1, 0.15) is 5.76 Å². The van der Waals surface area contributed by atoms with Crippen LogP contribution in [0.5, 0.6) is 0 Å². The smallest absolute Gasteiger partial charge is 0.255 e. The normalized spacial score (nSPS) is 16.1. The highest BCUT2D eigenvalue weighted by molar-refractivity contribution is 5.96. The maximum atomic E-state index is 12.8. The fraction of sp³-hybridized carbons (Fsp3) is 0.529. The first kappa shape index (κ1) is 15.8. The van der Waals surface area contributed by atoms with Crippen molar-refractivity contribution in [1.82, 2.24) is 14.6 Å². The second-order valence-electron chi connectivity index (χ2n) is 6.14. The summed E-state index contributed by atoms with van der Waals surface area (Å²) in [7, 11) is 1.73. The van der Waals surface area contributed by atoms with Crippen LogP contribution in [0.15, 0.2) is 16.7 Å². The molecule has 2 aromatic heterocycles. The fourth-order valence-corrected chi connectivity index (χ4v) is 3.26. The molecule has 0 bridgehead atoms. The van der Waals surface area contributed by atoms with Crippen LogP contribution >= 0.6 is 0 Å². The minimum absolute atomic E-state index is 0.0825. The van der Waals surface area contributed by atoms with Crippen molar-refractivity contribution < 1.29 is 14.1 Å². The largest absolute Gasteiger partial charge is 0.381 e. The topological polar surface area (TPSA) is 60.5 Å². The van der Waals surface area contributed by atoms with Crippen molar-refractivity contribution in [2.24, 2.45) is 0 Å². The zero-order valence-electron chi connectivity index (χ0n) is 14.1. The Morgan fingerprint density at radius 2 is 1.96 bits per heavy atom. The van der Waals surface area contributed by atoms with Crippen LogP contribution in [-0.4, -0.2) is 46.8 Å². The molecule has 1 fully saturated rings. The van der Waals surface area contributed by atoms with Gasteiger partial charge >= 0.3 is 0 Å². The van der Waals surface area contributed by atoms with Gasteiger partial charge in [0.2, 0.25) is 0 Å². The molecule has 3 heterocycles. The van der Waals surface area contributed by atoms with Gasteiger partial charge in [-0.2, -0.15) is 0 Å². The summed E-state index contributed by atoms with van der Waals surface area (Å²) >= 11 is 0. The van der Waals surface area contributed by atoms with Crippen LogP contribution < -0.4 is 0 Å². The van der Waals surface area contributed by atoms with E-state index in [1.807, 2.05) is 42.4 Å². The molecule has 0 saturated carbocycles. The van der Waals surface area contributed by atoms with E-state index >= 15 is 0 Å². The Morgan fingerprint density at radius 1 is 1.26 bits per heavy atom. The van der Waals surface area contributed by atoms with Gasteiger partial charge in [-0.15, -0.1) is 0 Å². The summed E-state index contributed by atoms with van der Waals surface area (Å²) < 4.78 is 12.5. The molecule has 0 unspecified atom stereocenters. The molecule has 124 valence electrons. The molecule has 0 radical (unpaired) electrons. The Morgan fingerprint density at radius 3 is 2.52 bits per heavy atom. The molecule has 23 heavy (non-hydrogen) atoms. The third-order valence-corrected chi connectivity index (χ3v) is 4.57. The van der Waals surface area contributed by atoms with Crippen LogP contribution in [0.3, 0.4) is 0 Å². The number of carbonyl (C=O) groups excluding carboxylic acids is 1. The van der Waals surface area contributed by atoms with E-state index in [2.05, 4.69) is 5.16 Å². The van der Waals surface area contributed by atoms with Crippen molar-refractivity contribution in [3.8, 4) is 5.82 Å². The van der Waals surface area contributed by atoms with Crippen LogP contribution in [0, 0.1) is 20.8 Å². The van der Waals surface area contributed by atoms with Crippen LogP contribution in [0.4, 0.5) is 0 Å². The first-order valence-electron chi connectivity index (χ1n) is 7.96. The van der Waals surface area contributed by atoms with E-state index in [1.165, 1.54) is 0 Å². The van der Waals surface area contributed by atoms with Gasteiger partial charge in [-0.25, -0.2) is 0 Å². The lowest BCUT2D eigenvalue weighted by molar-refractivity contribution is 0.0350. The molecule has 0 atom stereocenters. The zero-order valence-corrected chi connectivity index (χ0v) is 14.1. The summed E-state index contributed by atoms with van der Waals surface area (Å²) in [6, 6.07) is 3.81. The lowest BCUT2D eigenvalue weighted by atomic mass is 10.1. The highest BCUT2D eigenvalue weighted by atomic mass is 16.5. The van der Waals surface area contributed by atoms with Gasteiger partial charge in [0, 0.05) is 37.7 Å². The van der Waals surface area contributed by atoms with E-state index < -0.39 is 0 Å². The van der Waals surface area contributed by atoms with Crippen molar-refractivity contribution in [2.45, 2.75) is 39.7 Å². The summed E-state index contributed by atoms with van der Waals surface area (Å²) in [4.78, 5) is 14.8. The lowest BCUT2D eigenvalue weighted by Crippen LogP contribution is -2.40. The molecule has 0 N–H and O–H groups in total. The second kappa shape index (κ2) is 6.20. The molecule has 0 aromatic carbocycles. The molecule has 1 saturated heterocycles. The zero-order chi connectivity index (χ0) is 16.6. The van der Waals surface area contributed by atoms with E-state index in [9.17, 15) is 4.79 Å². The monoisotopic (exact) mass is 317 g/mol. The number of ether oxygens (including phenoxy) is 1. The SMILES string of the molecule is COC1CCN(C(=O)c2cc(C)n(-c3cc(C)on3)c2C)CC1. The first-order valence-corrected chi connectivity index (χ1v) is 7.96. The average Bonchev–Trinajstić information content (AvgIpc) is 3.09.